The molecule has 1 aliphatic heterocycles. The Hall–Kier alpha value is -2.69. The van der Waals surface area contributed by atoms with Crippen molar-refractivity contribution in [2.75, 3.05) is 37.0 Å². The van der Waals surface area contributed by atoms with Crippen LogP contribution in [0.2, 0.25) is 0 Å². The Bertz CT molecular complexity index is 715. The molecule has 3 rings (SSSR count). The van der Waals surface area contributed by atoms with Crippen molar-refractivity contribution in [1.82, 2.24) is 5.32 Å². The van der Waals surface area contributed by atoms with Crippen LogP contribution in [0.4, 0.5) is 16.2 Å². The van der Waals surface area contributed by atoms with Gasteiger partial charge in [0.1, 0.15) is 5.75 Å². The molecule has 2 amide bonds. The van der Waals surface area contributed by atoms with E-state index in [1.54, 1.807) is 7.11 Å². The molecule has 132 valence electrons. The zero-order valence-corrected chi connectivity index (χ0v) is 14.8. The van der Waals surface area contributed by atoms with E-state index in [0.717, 1.165) is 36.6 Å². The zero-order valence-electron chi connectivity index (χ0n) is 14.8. The molecule has 0 spiro atoms. The summed E-state index contributed by atoms with van der Waals surface area (Å²) in [6, 6.07) is 15.7. The molecular formula is C20H25N3O2. The number of amides is 2. The second-order valence-electron chi connectivity index (χ2n) is 6.47. The summed E-state index contributed by atoms with van der Waals surface area (Å²) >= 11 is 0. The van der Waals surface area contributed by atoms with E-state index in [2.05, 4.69) is 21.6 Å². The van der Waals surface area contributed by atoms with E-state index >= 15 is 0 Å². The lowest BCUT2D eigenvalue weighted by molar-refractivity contribution is 0.250. The third-order valence-corrected chi connectivity index (χ3v) is 4.57. The highest BCUT2D eigenvalue weighted by Gasteiger charge is 2.24. The maximum atomic E-state index is 12.1. The summed E-state index contributed by atoms with van der Waals surface area (Å²) in [6.45, 7) is 4.60. The third-order valence-electron chi connectivity index (χ3n) is 4.57. The van der Waals surface area contributed by atoms with Crippen molar-refractivity contribution in [1.29, 1.82) is 0 Å². The average Bonchev–Trinajstić information content (AvgIpc) is 3.11. The normalized spacial score (nSPS) is 16.6. The van der Waals surface area contributed by atoms with Gasteiger partial charge in [0.15, 0.2) is 0 Å². The molecular weight excluding hydrogens is 314 g/mol. The molecule has 5 heteroatoms. The van der Waals surface area contributed by atoms with Gasteiger partial charge < -0.3 is 20.3 Å². The van der Waals surface area contributed by atoms with E-state index in [0.29, 0.717) is 12.5 Å². The first-order chi connectivity index (χ1) is 12.2. The molecule has 25 heavy (non-hydrogen) atoms. The number of methoxy groups -OCH3 is 1. The van der Waals surface area contributed by atoms with Crippen LogP contribution in [-0.2, 0) is 0 Å². The average molecular weight is 339 g/mol. The van der Waals surface area contributed by atoms with E-state index < -0.39 is 0 Å². The van der Waals surface area contributed by atoms with Crippen molar-refractivity contribution < 1.29 is 9.53 Å². The molecule has 1 fully saturated rings. The first-order valence-corrected chi connectivity index (χ1v) is 8.65. The van der Waals surface area contributed by atoms with Crippen LogP contribution < -0.4 is 20.3 Å². The summed E-state index contributed by atoms with van der Waals surface area (Å²) in [7, 11) is 1.70. The molecule has 0 saturated carbocycles. The van der Waals surface area contributed by atoms with E-state index in [1.165, 1.54) is 5.56 Å². The number of carbonyl (C=O) groups excluding carboxylic acids is 1. The van der Waals surface area contributed by atoms with Gasteiger partial charge in [0.2, 0.25) is 0 Å². The Morgan fingerprint density at radius 2 is 1.96 bits per heavy atom. The van der Waals surface area contributed by atoms with E-state index in [1.807, 2.05) is 49.4 Å². The first kappa shape index (κ1) is 17.1. The largest absolute Gasteiger partial charge is 0.495 e. The number of nitrogens with zero attached hydrogens (tertiary/aromatic N) is 1. The minimum absolute atomic E-state index is 0.153. The van der Waals surface area contributed by atoms with Gasteiger partial charge in [-0.15, -0.1) is 0 Å². The van der Waals surface area contributed by atoms with Crippen molar-refractivity contribution in [3.8, 4) is 5.75 Å². The Morgan fingerprint density at radius 3 is 2.72 bits per heavy atom. The van der Waals surface area contributed by atoms with Crippen molar-refractivity contribution in [2.45, 2.75) is 13.3 Å². The van der Waals surface area contributed by atoms with Gasteiger partial charge >= 0.3 is 6.03 Å². The van der Waals surface area contributed by atoms with Gasteiger partial charge in [-0.2, -0.15) is 0 Å². The predicted molar refractivity (Wildman–Crippen MR) is 102 cm³/mol. The molecule has 0 bridgehead atoms. The molecule has 5 nitrogen and oxygen atoms in total. The topological polar surface area (TPSA) is 53.6 Å². The highest BCUT2D eigenvalue weighted by molar-refractivity contribution is 5.89. The lowest BCUT2D eigenvalue weighted by Crippen LogP contribution is -2.34. The number of urea groups is 1. The molecule has 2 aromatic rings. The molecule has 0 aliphatic carbocycles. The second kappa shape index (κ2) is 7.92. The zero-order chi connectivity index (χ0) is 17.6. The van der Waals surface area contributed by atoms with E-state index in [9.17, 15) is 4.79 Å². The molecule has 1 saturated heterocycles. The number of benzene rings is 2. The van der Waals surface area contributed by atoms with Crippen molar-refractivity contribution in [3.63, 3.8) is 0 Å². The molecule has 1 atom stereocenters. The standard InChI is InChI=1S/C20H25N3O2/c1-15-7-9-17(10-8-15)22-20(24)21-13-16-11-12-23(14-16)18-5-3-4-6-19(18)25-2/h3-10,16H,11-14H2,1-2H3,(H2,21,22,24). The monoisotopic (exact) mass is 339 g/mol. The maximum absolute atomic E-state index is 12.1. The fourth-order valence-corrected chi connectivity index (χ4v) is 3.16. The van der Waals surface area contributed by atoms with Gasteiger partial charge in [-0.1, -0.05) is 29.8 Å². The predicted octanol–water partition coefficient (Wildman–Crippen LogP) is 3.65. The fraction of sp³-hybridized carbons (Fsp3) is 0.350. The number of anilines is 2. The summed E-state index contributed by atoms with van der Waals surface area (Å²) in [6.07, 6.45) is 1.06. The quantitative estimate of drug-likeness (QED) is 0.874. The number of hydrogen-bond donors (Lipinski definition) is 2. The van der Waals surface area contributed by atoms with Gasteiger partial charge in [0.25, 0.3) is 0 Å². The highest BCUT2D eigenvalue weighted by Crippen LogP contribution is 2.31. The lowest BCUT2D eigenvalue weighted by atomic mass is 10.1. The third kappa shape index (κ3) is 4.44. The van der Waals surface area contributed by atoms with Crippen LogP contribution in [0.5, 0.6) is 5.75 Å². The van der Waals surface area contributed by atoms with Crippen LogP contribution in [0.25, 0.3) is 0 Å². The fourth-order valence-electron chi connectivity index (χ4n) is 3.16. The van der Waals surface area contributed by atoms with E-state index in [-0.39, 0.29) is 6.03 Å². The smallest absolute Gasteiger partial charge is 0.319 e. The molecule has 2 N–H and O–H groups in total. The number of aryl methyl sites for hydroxylation is 1. The summed E-state index contributed by atoms with van der Waals surface area (Å²) in [4.78, 5) is 14.4. The Kier molecular flexibility index (Phi) is 5.43. The van der Waals surface area contributed by atoms with Crippen LogP contribution in [0, 0.1) is 12.8 Å². The molecule has 1 aliphatic rings. The van der Waals surface area contributed by atoms with Gasteiger partial charge in [-0.3, -0.25) is 0 Å². The molecule has 1 unspecified atom stereocenters. The number of para-hydroxylation sites is 2. The summed E-state index contributed by atoms with van der Waals surface area (Å²) < 4.78 is 5.44. The van der Waals surface area contributed by atoms with Crippen molar-refractivity contribution in [3.05, 3.63) is 54.1 Å². The van der Waals surface area contributed by atoms with Crippen LogP contribution >= 0.6 is 0 Å². The summed E-state index contributed by atoms with van der Waals surface area (Å²) in [5.74, 6) is 1.34. The number of nitrogens with one attached hydrogen (secondary N) is 2. The van der Waals surface area contributed by atoms with Gasteiger partial charge in [-0.05, 0) is 43.5 Å². The number of hydrogen-bond acceptors (Lipinski definition) is 3. The van der Waals surface area contributed by atoms with Crippen molar-refractivity contribution >= 4 is 17.4 Å². The second-order valence-corrected chi connectivity index (χ2v) is 6.47. The van der Waals surface area contributed by atoms with Crippen LogP contribution in [-0.4, -0.2) is 32.8 Å². The number of carbonyl (C=O) groups is 1. The maximum Gasteiger partial charge on any atom is 0.319 e. The summed E-state index contributed by atoms with van der Waals surface area (Å²) in [5, 5.41) is 5.85. The Labute approximate surface area is 149 Å². The van der Waals surface area contributed by atoms with E-state index in [4.69, 9.17) is 4.74 Å². The van der Waals surface area contributed by atoms with Crippen LogP contribution in [0.1, 0.15) is 12.0 Å². The molecule has 0 aromatic heterocycles. The highest BCUT2D eigenvalue weighted by atomic mass is 16.5. The van der Waals surface area contributed by atoms with Gasteiger partial charge in [-0.25, -0.2) is 4.79 Å². The van der Waals surface area contributed by atoms with Gasteiger partial charge in [0.05, 0.1) is 12.8 Å². The SMILES string of the molecule is COc1ccccc1N1CCC(CNC(=O)Nc2ccc(C)cc2)C1. The summed E-state index contributed by atoms with van der Waals surface area (Å²) in [5.41, 5.74) is 3.11. The first-order valence-electron chi connectivity index (χ1n) is 8.65. The number of ether oxygens (including phenoxy) is 1. The number of rotatable bonds is 5. The van der Waals surface area contributed by atoms with Crippen molar-refractivity contribution in [2.24, 2.45) is 5.92 Å². The molecule has 2 aromatic carbocycles. The van der Waals surface area contributed by atoms with Crippen LogP contribution in [0.3, 0.4) is 0 Å². The molecule has 0 radical (unpaired) electrons. The minimum atomic E-state index is -0.153. The Morgan fingerprint density at radius 1 is 1.20 bits per heavy atom. The lowest BCUT2D eigenvalue weighted by Gasteiger charge is -2.21. The Balaban J connectivity index is 1.48. The van der Waals surface area contributed by atoms with Crippen LogP contribution in [0.15, 0.2) is 48.5 Å². The minimum Gasteiger partial charge on any atom is -0.495 e. The molecule has 1 heterocycles. The van der Waals surface area contributed by atoms with Gasteiger partial charge in [0, 0.05) is 25.3 Å².